The summed E-state index contributed by atoms with van der Waals surface area (Å²) in [5, 5.41) is 18.4. The molecule has 1 spiro atoms. The van der Waals surface area contributed by atoms with E-state index in [0.29, 0.717) is 42.3 Å². The molecule has 12 rings (SSSR count). The molecule has 10 aliphatic rings. The van der Waals surface area contributed by atoms with Crippen LogP contribution >= 0.6 is 0 Å². The maximum absolute atomic E-state index is 13.8. The fraction of sp³-hybridized carbons (Fsp3) is 0.583. The first kappa shape index (κ1) is 15.8. The standard InChI is InChI=1S/2C12H11O4.Fe/c2*13-7-10-5-6-11(16-10)8-15-12(14)9-3-1-2-4-9;/h2*1-6,13H,7-8H2;. The van der Waals surface area contributed by atoms with Gasteiger partial charge in [-0.25, -0.2) is 0 Å². The molecule has 2 N–H and O–H groups in total. The van der Waals surface area contributed by atoms with Crippen LogP contribution in [0.2, 0.25) is 47.2 Å². The third kappa shape index (κ3) is 0.326. The zero-order valence-electron chi connectivity index (χ0n) is 17.5. The van der Waals surface area contributed by atoms with E-state index in [-0.39, 0.29) is 47.0 Å². The van der Waals surface area contributed by atoms with Gasteiger partial charge >= 0.3 is 177 Å². The van der Waals surface area contributed by atoms with E-state index in [1.165, 1.54) is 0 Å². The Labute approximate surface area is 177 Å². The van der Waals surface area contributed by atoms with Crippen LogP contribution in [0.5, 0.6) is 0 Å². The van der Waals surface area contributed by atoms with Gasteiger partial charge in [0.25, 0.3) is 0 Å². The molecule has 2 aromatic rings. The van der Waals surface area contributed by atoms with Crippen LogP contribution in [-0.2, 0) is 52.0 Å². The third-order valence-corrected chi connectivity index (χ3v) is 60.5. The van der Waals surface area contributed by atoms with Gasteiger partial charge in [-0.1, -0.05) is 0 Å². The van der Waals surface area contributed by atoms with Crippen molar-refractivity contribution in [2.45, 2.75) is 73.6 Å². The van der Waals surface area contributed by atoms with Gasteiger partial charge in [-0.15, -0.1) is 0 Å². The minimum atomic E-state index is -4.39. The van der Waals surface area contributed by atoms with Crippen molar-refractivity contribution in [3.8, 4) is 0 Å². The Morgan fingerprint density at radius 1 is 0.727 bits per heavy atom. The Kier molecular flexibility index (Phi) is 1.01. The summed E-state index contributed by atoms with van der Waals surface area (Å²) in [4.78, 5) is 32.5. The molecule has 10 saturated heterocycles. The molecule has 2 aromatic heterocycles. The normalized spacial score (nSPS) is 69.0. The van der Waals surface area contributed by atoms with E-state index in [1.807, 2.05) is 0 Å². The number of furan rings is 2. The molecular weight excluding hydrogens is 472 g/mol. The summed E-state index contributed by atoms with van der Waals surface area (Å²) in [6.45, 7) is -4.56. The molecule has 10 aliphatic heterocycles. The zero-order chi connectivity index (χ0) is 21.9. The molecule has 8 nitrogen and oxygen atoms in total. The SMILES string of the molecule is O=C(OCc1ccc(CO)o1)[C]12[CH]3[CH]4[CH]5[CH]1[Fe]45321678[CH]2[CH]1[CH]6[C]7(C(=O)OCc1ccc(CO)o1)[CH]28. The molecule has 0 radical (unpaired) electrons. The van der Waals surface area contributed by atoms with Crippen molar-refractivity contribution in [2.75, 3.05) is 0 Å². The number of aliphatic hydroxyl groups excluding tert-OH is 2. The minimum absolute atomic E-state index is 0.0401. The maximum atomic E-state index is 13.8. The molecule has 0 saturated carbocycles. The summed E-state index contributed by atoms with van der Waals surface area (Å²) in [5.74, 6) is 1.94. The molecule has 0 aromatic carbocycles. The van der Waals surface area contributed by atoms with Gasteiger partial charge in [-0.3, -0.25) is 0 Å². The number of ether oxygens (including phenoxy) is 2. The molecule has 0 bridgehead atoms. The number of fused-ring (bicyclic) bond motifs is 10. The summed E-state index contributed by atoms with van der Waals surface area (Å²) >= 11 is 0. The van der Waals surface area contributed by atoms with Crippen LogP contribution in [0.4, 0.5) is 0 Å². The molecule has 8 unspecified atom stereocenters. The van der Waals surface area contributed by atoms with E-state index in [9.17, 15) is 19.8 Å². The van der Waals surface area contributed by atoms with Crippen molar-refractivity contribution in [1.29, 1.82) is 0 Å². The molecule has 0 aliphatic carbocycles. The van der Waals surface area contributed by atoms with Crippen LogP contribution in [0, 0.1) is 0 Å². The number of aliphatic hydroxyl groups is 2. The summed E-state index contributed by atoms with van der Waals surface area (Å²) in [7, 11) is 0. The molecule has 174 valence electrons. The Morgan fingerprint density at radius 3 is 1.39 bits per heavy atom. The number of carbonyl (C=O) groups excluding carboxylic acids is 2. The Balaban J connectivity index is 0.930. The van der Waals surface area contributed by atoms with Gasteiger partial charge < -0.3 is 0 Å². The van der Waals surface area contributed by atoms with E-state index < -0.39 is 6.51 Å². The van der Waals surface area contributed by atoms with Crippen LogP contribution in [0.25, 0.3) is 0 Å². The van der Waals surface area contributed by atoms with Crippen molar-refractivity contribution in [3.05, 3.63) is 47.3 Å². The first-order valence-corrected chi connectivity index (χ1v) is 17.9. The molecule has 9 heteroatoms. The average molecular weight is 494 g/mol. The van der Waals surface area contributed by atoms with E-state index in [0.717, 1.165) is 19.3 Å². The quantitative estimate of drug-likeness (QED) is 0.421. The third-order valence-electron chi connectivity index (χ3n) is 17.9. The summed E-state index contributed by atoms with van der Waals surface area (Å²) in [5.41, 5.74) is 0. The van der Waals surface area contributed by atoms with Crippen molar-refractivity contribution in [1.82, 2.24) is 0 Å². The molecule has 12 heterocycles. The summed E-state index contributed by atoms with van der Waals surface area (Å²) < 4.78 is 22.3. The number of carbonyl (C=O) groups is 2. The molecule has 8 atom stereocenters. The number of esters is 2. The fourth-order valence-corrected chi connectivity index (χ4v) is 94.2. The molecule has 0 amide bonds. The van der Waals surface area contributed by atoms with Crippen LogP contribution in [0.1, 0.15) is 23.0 Å². The molecule has 10 fully saturated rings. The van der Waals surface area contributed by atoms with Crippen LogP contribution in [0.3, 0.4) is 0 Å². The van der Waals surface area contributed by atoms with Crippen LogP contribution in [0.15, 0.2) is 33.1 Å². The Morgan fingerprint density at radius 2 is 1.09 bits per heavy atom. The predicted molar refractivity (Wildman–Crippen MR) is 104 cm³/mol. The predicted octanol–water partition coefficient (Wildman–Crippen LogP) is 3.77. The van der Waals surface area contributed by atoms with E-state index >= 15 is 0 Å². The monoisotopic (exact) mass is 494 g/mol. The van der Waals surface area contributed by atoms with E-state index in [2.05, 4.69) is 0 Å². The van der Waals surface area contributed by atoms with Crippen LogP contribution < -0.4 is 0 Å². The number of rotatable bonds is 8. The molecular formula is C24H22FeO8. The van der Waals surface area contributed by atoms with Crippen molar-refractivity contribution in [3.63, 3.8) is 0 Å². The number of hydrogen-bond acceptors (Lipinski definition) is 8. The van der Waals surface area contributed by atoms with Gasteiger partial charge in [0.2, 0.25) is 0 Å². The van der Waals surface area contributed by atoms with Crippen LogP contribution in [-0.4, -0.2) is 22.2 Å². The van der Waals surface area contributed by atoms with Gasteiger partial charge in [-0.2, -0.15) is 0 Å². The van der Waals surface area contributed by atoms with Gasteiger partial charge in [0.1, 0.15) is 0 Å². The first-order valence-electron chi connectivity index (χ1n) is 11.7. The summed E-state index contributed by atoms with van der Waals surface area (Å²) in [6.07, 6.45) is 0. The average Bonchev–Trinajstić information content (AvgIpc) is 3.67. The van der Waals surface area contributed by atoms with E-state index in [1.54, 1.807) is 24.3 Å². The second-order valence-corrected chi connectivity index (χ2v) is 37.2. The van der Waals surface area contributed by atoms with Gasteiger partial charge in [0.15, 0.2) is 0 Å². The number of hydrogen-bond donors (Lipinski definition) is 2. The second kappa shape index (κ2) is 2.11. The Bertz CT molecular complexity index is 1680. The van der Waals surface area contributed by atoms with Crippen molar-refractivity contribution >= 4 is 11.9 Å². The van der Waals surface area contributed by atoms with Gasteiger partial charge in [0, 0.05) is 0 Å². The Hall–Kier alpha value is -2.06. The van der Waals surface area contributed by atoms with Crippen molar-refractivity contribution in [2.24, 2.45) is 0 Å². The topological polar surface area (TPSA) is 119 Å². The second-order valence-electron chi connectivity index (χ2n) is 14.0. The van der Waals surface area contributed by atoms with Crippen molar-refractivity contribution < 1.29 is 44.6 Å². The summed E-state index contributed by atoms with van der Waals surface area (Å²) in [6, 6.07) is 6.88. The zero-order valence-corrected chi connectivity index (χ0v) is 18.6. The molecule has 33 heavy (non-hydrogen) atoms. The van der Waals surface area contributed by atoms with Gasteiger partial charge in [0.05, 0.1) is 0 Å². The van der Waals surface area contributed by atoms with E-state index in [4.69, 9.17) is 18.3 Å². The first-order chi connectivity index (χ1) is 15.8. The van der Waals surface area contributed by atoms with Gasteiger partial charge in [-0.05, 0) is 0 Å². The fourth-order valence-electron chi connectivity index (χ4n) is 19.3.